The summed E-state index contributed by atoms with van der Waals surface area (Å²) in [7, 11) is 0. The summed E-state index contributed by atoms with van der Waals surface area (Å²) < 4.78 is 4.83. The number of para-hydroxylation sites is 1. The molecule has 0 amide bonds. The minimum atomic E-state index is 0.756. The molecule has 0 unspecified atom stereocenters. The molecule has 0 bridgehead atoms. The summed E-state index contributed by atoms with van der Waals surface area (Å²) >= 11 is 9.54. The largest absolute Gasteiger partial charge is 0.283 e. The number of thiophene rings is 1. The van der Waals surface area contributed by atoms with Crippen LogP contribution in [-0.4, -0.2) is 43.8 Å². The third-order valence-electron chi connectivity index (χ3n) is 4.24. The smallest absolute Gasteiger partial charge is 0.204 e. The van der Waals surface area contributed by atoms with E-state index in [1.807, 2.05) is 34.6 Å². The predicted octanol–water partition coefficient (Wildman–Crippen LogP) is 4.53. The Morgan fingerprint density at radius 2 is 1.92 bits per heavy atom. The van der Waals surface area contributed by atoms with Crippen molar-refractivity contribution in [3.63, 3.8) is 0 Å². The Balaban J connectivity index is 1.75. The molecule has 25 heavy (non-hydrogen) atoms. The molecular weight excluding hydrogens is 368 g/mol. The van der Waals surface area contributed by atoms with Crippen LogP contribution >= 0.6 is 35.3 Å². The SMILES string of the molecule is S=c1n(CN2CCCSCC2)nc(-c2cccs2)n1-c1ccccc1. The monoisotopic (exact) mass is 388 g/mol. The summed E-state index contributed by atoms with van der Waals surface area (Å²) in [5.74, 6) is 3.36. The lowest BCUT2D eigenvalue weighted by Crippen LogP contribution is -2.29. The van der Waals surface area contributed by atoms with E-state index in [1.54, 1.807) is 11.3 Å². The molecule has 1 aliphatic rings. The molecule has 0 radical (unpaired) electrons. The first-order valence-electron chi connectivity index (χ1n) is 8.42. The van der Waals surface area contributed by atoms with Gasteiger partial charge in [-0.2, -0.15) is 11.8 Å². The first-order chi connectivity index (χ1) is 12.3. The topological polar surface area (TPSA) is 26.0 Å². The quantitative estimate of drug-likeness (QED) is 0.614. The lowest BCUT2D eigenvalue weighted by molar-refractivity contribution is 0.221. The van der Waals surface area contributed by atoms with Gasteiger partial charge in [0, 0.05) is 24.5 Å². The van der Waals surface area contributed by atoms with Gasteiger partial charge in [-0.15, -0.1) is 16.4 Å². The maximum Gasteiger partial charge on any atom is 0.204 e. The summed E-state index contributed by atoms with van der Waals surface area (Å²) in [4.78, 5) is 3.59. The van der Waals surface area contributed by atoms with Crippen LogP contribution in [-0.2, 0) is 6.67 Å². The molecule has 4 rings (SSSR count). The molecule has 1 aliphatic heterocycles. The van der Waals surface area contributed by atoms with E-state index in [-0.39, 0.29) is 0 Å². The maximum atomic E-state index is 5.81. The standard InChI is InChI=1S/C18H20N4S3/c23-18-21(14-20-9-5-11-24-13-10-20)19-17(16-8-4-12-25-16)22(18)15-6-2-1-3-7-15/h1-4,6-8,12H,5,9-11,13-14H2. The van der Waals surface area contributed by atoms with Crippen molar-refractivity contribution >= 4 is 35.3 Å². The Kier molecular flexibility index (Phi) is 5.36. The minimum absolute atomic E-state index is 0.756. The van der Waals surface area contributed by atoms with E-state index in [0.717, 1.165) is 40.9 Å². The normalized spacial score (nSPS) is 16.0. The van der Waals surface area contributed by atoms with Gasteiger partial charge < -0.3 is 0 Å². The van der Waals surface area contributed by atoms with Crippen LogP contribution in [0.1, 0.15) is 6.42 Å². The van der Waals surface area contributed by atoms with E-state index in [9.17, 15) is 0 Å². The molecule has 4 nitrogen and oxygen atoms in total. The molecule has 0 atom stereocenters. The Bertz CT molecular complexity index is 860. The van der Waals surface area contributed by atoms with Crippen LogP contribution in [0, 0.1) is 4.77 Å². The van der Waals surface area contributed by atoms with Crippen molar-refractivity contribution in [2.24, 2.45) is 0 Å². The van der Waals surface area contributed by atoms with E-state index < -0.39 is 0 Å². The second-order valence-electron chi connectivity index (χ2n) is 5.98. The number of hydrogen-bond acceptors (Lipinski definition) is 5. The molecule has 1 saturated heterocycles. The van der Waals surface area contributed by atoms with Crippen molar-refractivity contribution in [2.45, 2.75) is 13.1 Å². The summed E-state index contributed by atoms with van der Waals surface area (Å²) in [6.07, 6.45) is 1.23. The fourth-order valence-corrected chi connectivity index (χ4v) is 4.92. The Morgan fingerprint density at radius 1 is 1.04 bits per heavy atom. The van der Waals surface area contributed by atoms with E-state index >= 15 is 0 Å². The number of benzene rings is 1. The van der Waals surface area contributed by atoms with E-state index in [1.165, 1.54) is 17.9 Å². The minimum Gasteiger partial charge on any atom is -0.283 e. The highest BCUT2D eigenvalue weighted by atomic mass is 32.2. The Morgan fingerprint density at radius 3 is 2.72 bits per heavy atom. The summed E-state index contributed by atoms with van der Waals surface area (Å²) in [6.45, 7) is 2.97. The van der Waals surface area contributed by atoms with Crippen molar-refractivity contribution in [1.29, 1.82) is 0 Å². The Labute approximate surface area is 161 Å². The van der Waals surface area contributed by atoms with Gasteiger partial charge in [0.1, 0.15) is 0 Å². The third-order valence-corrected chi connectivity index (χ3v) is 6.55. The van der Waals surface area contributed by atoms with Crippen LogP contribution in [0.3, 0.4) is 0 Å². The first-order valence-corrected chi connectivity index (χ1v) is 10.9. The van der Waals surface area contributed by atoms with E-state index in [0.29, 0.717) is 0 Å². The highest BCUT2D eigenvalue weighted by molar-refractivity contribution is 7.99. The van der Waals surface area contributed by atoms with Crippen molar-refractivity contribution < 1.29 is 0 Å². The van der Waals surface area contributed by atoms with Crippen LogP contribution in [0.25, 0.3) is 16.4 Å². The Hall–Kier alpha value is -1.41. The van der Waals surface area contributed by atoms with E-state index in [4.69, 9.17) is 17.3 Å². The molecule has 7 heteroatoms. The van der Waals surface area contributed by atoms with Crippen molar-refractivity contribution in [3.05, 3.63) is 52.6 Å². The number of hydrogen-bond donors (Lipinski definition) is 0. The first kappa shape index (κ1) is 17.0. The zero-order valence-corrected chi connectivity index (χ0v) is 16.3. The van der Waals surface area contributed by atoms with Crippen LogP contribution in [0.4, 0.5) is 0 Å². The predicted molar refractivity (Wildman–Crippen MR) is 109 cm³/mol. The van der Waals surface area contributed by atoms with Gasteiger partial charge in [-0.05, 0) is 48.0 Å². The van der Waals surface area contributed by atoms with Gasteiger partial charge in [0.05, 0.1) is 11.5 Å². The van der Waals surface area contributed by atoms with Gasteiger partial charge in [-0.3, -0.25) is 9.47 Å². The fraction of sp³-hybridized carbons (Fsp3) is 0.333. The highest BCUT2D eigenvalue weighted by Gasteiger charge is 2.17. The maximum absolute atomic E-state index is 5.81. The van der Waals surface area contributed by atoms with Crippen molar-refractivity contribution in [1.82, 2.24) is 19.2 Å². The molecule has 1 aromatic carbocycles. The van der Waals surface area contributed by atoms with Gasteiger partial charge in [0.25, 0.3) is 0 Å². The van der Waals surface area contributed by atoms with Crippen molar-refractivity contribution in [2.75, 3.05) is 24.6 Å². The molecular formula is C18H20N4S3. The molecule has 0 spiro atoms. The van der Waals surface area contributed by atoms with Crippen LogP contribution in [0.15, 0.2) is 47.8 Å². The van der Waals surface area contributed by atoms with Crippen LogP contribution in [0.2, 0.25) is 0 Å². The van der Waals surface area contributed by atoms with Crippen molar-refractivity contribution in [3.8, 4) is 16.4 Å². The zero-order chi connectivity index (χ0) is 17.1. The average molecular weight is 389 g/mol. The zero-order valence-electron chi connectivity index (χ0n) is 13.9. The molecule has 3 heterocycles. The second-order valence-corrected chi connectivity index (χ2v) is 8.52. The molecule has 1 fully saturated rings. The number of aromatic nitrogens is 3. The van der Waals surface area contributed by atoms with E-state index in [2.05, 4.69) is 39.1 Å². The number of nitrogens with zero attached hydrogens (tertiary/aromatic N) is 4. The van der Waals surface area contributed by atoms with Gasteiger partial charge in [-0.1, -0.05) is 24.3 Å². The third kappa shape index (κ3) is 3.74. The lowest BCUT2D eigenvalue weighted by Gasteiger charge is -2.18. The summed E-state index contributed by atoms with van der Waals surface area (Å²) in [6, 6.07) is 14.4. The van der Waals surface area contributed by atoms with Gasteiger partial charge in [-0.25, -0.2) is 4.68 Å². The summed E-state index contributed by atoms with van der Waals surface area (Å²) in [5.41, 5.74) is 1.06. The number of thioether (sulfide) groups is 1. The number of rotatable bonds is 4. The molecule has 0 N–H and O–H groups in total. The van der Waals surface area contributed by atoms with Crippen LogP contribution < -0.4 is 0 Å². The molecule has 3 aromatic rings. The van der Waals surface area contributed by atoms with Gasteiger partial charge in [0.2, 0.25) is 4.77 Å². The molecule has 0 aliphatic carbocycles. The lowest BCUT2D eigenvalue weighted by atomic mass is 10.3. The average Bonchev–Trinajstić information content (AvgIpc) is 3.19. The molecule has 0 saturated carbocycles. The van der Waals surface area contributed by atoms with Crippen LogP contribution in [0.5, 0.6) is 0 Å². The van der Waals surface area contributed by atoms with Gasteiger partial charge in [0.15, 0.2) is 5.82 Å². The van der Waals surface area contributed by atoms with Gasteiger partial charge >= 0.3 is 0 Å². The molecule has 130 valence electrons. The summed E-state index contributed by atoms with van der Waals surface area (Å²) in [5, 5.41) is 6.97. The molecule has 2 aromatic heterocycles. The second kappa shape index (κ2) is 7.86. The highest BCUT2D eigenvalue weighted by Crippen LogP contribution is 2.26. The fourth-order valence-electron chi connectivity index (χ4n) is 3.00.